The number of benzene rings is 2. The maximum absolute atomic E-state index is 3.65. The molecule has 112 valence electrons. The normalized spacial score (nSPS) is 13.8. The molecule has 3 heteroatoms. The molecule has 0 radical (unpaired) electrons. The Balaban J connectivity index is 2.05. The third-order valence-corrected chi connectivity index (χ3v) is 4.25. The molecular weight excluding hydrogens is 324 g/mol. The minimum absolute atomic E-state index is 0.311. The Morgan fingerprint density at radius 3 is 2.10 bits per heavy atom. The van der Waals surface area contributed by atoms with Gasteiger partial charge < -0.3 is 10.2 Å². The molecule has 0 spiro atoms. The van der Waals surface area contributed by atoms with Crippen LogP contribution in [-0.4, -0.2) is 14.1 Å². The molecule has 21 heavy (non-hydrogen) atoms. The Morgan fingerprint density at radius 2 is 1.52 bits per heavy atom. The van der Waals surface area contributed by atoms with Crippen LogP contribution in [-0.2, 0) is 0 Å². The molecule has 2 atom stereocenters. The molecule has 0 aliphatic heterocycles. The van der Waals surface area contributed by atoms with Crippen molar-refractivity contribution in [3.8, 4) is 0 Å². The van der Waals surface area contributed by atoms with Crippen molar-refractivity contribution in [2.24, 2.45) is 0 Å². The Bertz CT molecular complexity index is 578. The average Bonchev–Trinajstić information content (AvgIpc) is 2.47. The van der Waals surface area contributed by atoms with Gasteiger partial charge in [0.1, 0.15) is 0 Å². The maximum Gasteiger partial charge on any atom is 0.0361 e. The van der Waals surface area contributed by atoms with E-state index in [0.29, 0.717) is 12.1 Å². The lowest BCUT2D eigenvalue weighted by Gasteiger charge is -2.22. The van der Waals surface area contributed by atoms with Crippen molar-refractivity contribution in [3.05, 3.63) is 64.1 Å². The van der Waals surface area contributed by atoms with Crippen LogP contribution in [0.3, 0.4) is 0 Å². The van der Waals surface area contributed by atoms with E-state index in [-0.39, 0.29) is 0 Å². The summed E-state index contributed by atoms with van der Waals surface area (Å²) in [5.41, 5.74) is 3.83. The largest absolute Gasteiger partial charge is 0.378 e. The van der Waals surface area contributed by atoms with Crippen LogP contribution in [0.5, 0.6) is 0 Å². The van der Waals surface area contributed by atoms with Crippen molar-refractivity contribution < 1.29 is 0 Å². The molecule has 0 aliphatic rings. The summed E-state index contributed by atoms with van der Waals surface area (Å²) < 4.78 is 1.12. The molecule has 2 rings (SSSR count). The third kappa shape index (κ3) is 4.32. The van der Waals surface area contributed by atoms with E-state index >= 15 is 0 Å². The number of hydrogen-bond acceptors (Lipinski definition) is 2. The second kappa shape index (κ2) is 7.10. The van der Waals surface area contributed by atoms with E-state index in [2.05, 4.69) is 103 Å². The van der Waals surface area contributed by atoms with Gasteiger partial charge in [-0.25, -0.2) is 0 Å². The topological polar surface area (TPSA) is 15.3 Å². The average molecular weight is 347 g/mol. The summed E-state index contributed by atoms with van der Waals surface area (Å²) in [7, 11) is 4.12. The van der Waals surface area contributed by atoms with Crippen LogP contribution in [0.15, 0.2) is 53.0 Å². The standard InChI is InChI=1S/C18H23BrN2/c1-13(15-8-10-18(11-9-15)21(3)4)20-14(2)16-6-5-7-17(19)12-16/h5-14,20H,1-4H3/t13?,14-/m1/s1. The smallest absolute Gasteiger partial charge is 0.0361 e. The molecule has 2 aromatic rings. The van der Waals surface area contributed by atoms with Gasteiger partial charge in [-0.05, 0) is 49.2 Å². The van der Waals surface area contributed by atoms with E-state index in [4.69, 9.17) is 0 Å². The van der Waals surface area contributed by atoms with Gasteiger partial charge in [0.2, 0.25) is 0 Å². The van der Waals surface area contributed by atoms with Gasteiger partial charge in [-0.1, -0.05) is 40.2 Å². The van der Waals surface area contributed by atoms with Crippen LogP contribution in [0.2, 0.25) is 0 Å². The van der Waals surface area contributed by atoms with Crippen LogP contribution >= 0.6 is 15.9 Å². The van der Waals surface area contributed by atoms with Gasteiger partial charge in [-0.15, -0.1) is 0 Å². The summed E-state index contributed by atoms with van der Waals surface area (Å²) in [4.78, 5) is 2.12. The van der Waals surface area contributed by atoms with Gasteiger partial charge in [0.25, 0.3) is 0 Å². The number of halogens is 1. The highest BCUT2D eigenvalue weighted by Crippen LogP contribution is 2.23. The zero-order chi connectivity index (χ0) is 15.4. The molecule has 0 saturated carbocycles. The lowest BCUT2D eigenvalue weighted by atomic mass is 10.0. The predicted molar refractivity (Wildman–Crippen MR) is 94.9 cm³/mol. The number of hydrogen-bond donors (Lipinski definition) is 1. The van der Waals surface area contributed by atoms with Crippen molar-refractivity contribution >= 4 is 21.6 Å². The molecular formula is C18H23BrN2. The zero-order valence-corrected chi connectivity index (χ0v) is 14.7. The predicted octanol–water partition coefficient (Wildman–Crippen LogP) is 4.93. The van der Waals surface area contributed by atoms with E-state index in [1.807, 2.05) is 0 Å². The van der Waals surface area contributed by atoms with Gasteiger partial charge >= 0.3 is 0 Å². The third-order valence-electron chi connectivity index (χ3n) is 3.76. The van der Waals surface area contributed by atoms with Crippen molar-refractivity contribution in [2.45, 2.75) is 25.9 Å². The minimum atomic E-state index is 0.311. The van der Waals surface area contributed by atoms with Gasteiger partial charge in [0.15, 0.2) is 0 Å². The number of nitrogens with one attached hydrogen (secondary N) is 1. The van der Waals surface area contributed by atoms with E-state index in [0.717, 1.165) is 4.47 Å². The number of rotatable bonds is 5. The molecule has 0 heterocycles. The van der Waals surface area contributed by atoms with Gasteiger partial charge in [-0.2, -0.15) is 0 Å². The molecule has 0 aliphatic carbocycles. The van der Waals surface area contributed by atoms with Crippen molar-refractivity contribution in [3.63, 3.8) is 0 Å². The lowest BCUT2D eigenvalue weighted by molar-refractivity contribution is 0.494. The second-order valence-corrected chi connectivity index (χ2v) is 6.57. The zero-order valence-electron chi connectivity index (χ0n) is 13.1. The highest BCUT2D eigenvalue weighted by Gasteiger charge is 2.11. The SMILES string of the molecule is CC(N[C@H](C)c1cccc(Br)c1)c1ccc(N(C)C)cc1. The van der Waals surface area contributed by atoms with Crippen LogP contribution in [0.25, 0.3) is 0 Å². The summed E-state index contributed by atoms with van der Waals surface area (Å²) in [6.45, 7) is 4.41. The van der Waals surface area contributed by atoms with E-state index in [9.17, 15) is 0 Å². The van der Waals surface area contributed by atoms with Crippen LogP contribution in [0.1, 0.15) is 37.1 Å². The Hall–Kier alpha value is -1.32. The summed E-state index contributed by atoms with van der Waals surface area (Å²) in [6.07, 6.45) is 0. The Morgan fingerprint density at radius 1 is 0.905 bits per heavy atom. The monoisotopic (exact) mass is 346 g/mol. The first-order valence-corrected chi connectivity index (χ1v) is 8.05. The Labute approximate surface area is 136 Å². The molecule has 2 aromatic carbocycles. The number of anilines is 1. The van der Waals surface area contributed by atoms with Crippen molar-refractivity contribution in [2.75, 3.05) is 19.0 Å². The summed E-state index contributed by atoms with van der Waals surface area (Å²) in [6, 6.07) is 17.8. The second-order valence-electron chi connectivity index (χ2n) is 5.65. The molecule has 1 N–H and O–H groups in total. The maximum atomic E-state index is 3.65. The molecule has 2 nitrogen and oxygen atoms in total. The fourth-order valence-electron chi connectivity index (χ4n) is 2.40. The van der Waals surface area contributed by atoms with E-state index < -0.39 is 0 Å². The highest BCUT2D eigenvalue weighted by molar-refractivity contribution is 9.10. The summed E-state index contributed by atoms with van der Waals surface area (Å²) >= 11 is 3.53. The van der Waals surface area contributed by atoms with Gasteiger partial charge in [0, 0.05) is 36.3 Å². The molecule has 1 unspecified atom stereocenters. The number of nitrogens with zero attached hydrogens (tertiary/aromatic N) is 1. The summed E-state index contributed by atoms with van der Waals surface area (Å²) in [5.74, 6) is 0. The minimum Gasteiger partial charge on any atom is -0.378 e. The first-order chi connectivity index (χ1) is 9.97. The summed E-state index contributed by atoms with van der Waals surface area (Å²) in [5, 5.41) is 3.65. The fourth-order valence-corrected chi connectivity index (χ4v) is 2.82. The Kier molecular flexibility index (Phi) is 5.43. The van der Waals surface area contributed by atoms with Crippen molar-refractivity contribution in [1.82, 2.24) is 5.32 Å². The van der Waals surface area contributed by atoms with Gasteiger partial charge in [0.05, 0.1) is 0 Å². The van der Waals surface area contributed by atoms with Crippen molar-refractivity contribution in [1.29, 1.82) is 0 Å². The van der Waals surface area contributed by atoms with Crippen LogP contribution in [0, 0.1) is 0 Å². The molecule has 0 amide bonds. The molecule has 0 bridgehead atoms. The molecule has 0 fully saturated rings. The van der Waals surface area contributed by atoms with E-state index in [1.165, 1.54) is 16.8 Å². The molecule has 0 saturated heterocycles. The van der Waals surface area contributed by atoms with Gasteiger partial charge in [-0.3, -0.25) is 0 Å². The van der Waals surface area contributed by atoms with Crippen LogP contribution in [0.4, 0.5) is 5.69 Å². The lowest BCUT2D eigenvalue weighted by Crippen LogP contribution is -2.22. The fraction of sp³-hybridized carbons (Fsp3) is 0.333. The van der Waals surface area contributed by atoms with E-state index in [1.54, 1.807) is 0 Å². The first-order valence-electron chi connectivity index (χ1n) is 7.26. The first kappa shape index (κ1) is 16.1. The van der Waals surface area contributed by atoms with Crippen LogP contribution < -0.4 is 10.2 Å². The quantitative estimate of drug-likeness (QED) is 0.825. The highest BCUT2D eigenvalue weighted by atomic mass is 79.9. The molecule has 0 aromatic heterocycles.